The first kappa shape index (κ1) is 25.0. The van der Waals surface area contributed by atoms with Gasteiger partial charge in [-0.25, -0.2) is 8.78 Å². The van der Waals surface area contributed by atoms with Crippen molar-refractivity contribution in [2.24, 2.45) is 0 Å². The van der Waals surface area contributed by atoms with Gasteiger partial charge in [0.05, 0.1) is 5.69 Å². The lowest BCUT2D eigenvalue weighted by molar-refractivity contribution is -0.142. The number of aromatic nitrogens is 2. The number of nitrogens with zero attached hydrogens (tertiary/aromatic N) is 2. The molecule has 1 aromatic heterocycles. The molecule has 0 aliphatic heterocycles. The number of halogens is 3. The molecular formula is C23H20BrF2N3O5. The van der Waals surface area contributed by atoms with Crippen molar-refractivity contribution in [1.82, 2.24) is 14.9 Å². The van der Waals surface area contributed by atoms with Crippen molar-refractivity contribution < 1.29 is 27.8 Å². The second kappa shape index (κ2) is 10.6. The van der Waals surface area contributed by atoms with Crippen LogP contribution in [0.2, 0.25) is 0 Å². The van der Waals surface area contributed by atoms with E-state index in [1.54, 1.807) is 19.1 Å². The molecule has 0 fully saturated rings. The van der Waals surface area contributed by atoms with Gasteiger partial charge in [0.1, 0.15) is 29.3 Å². The van der Waals surface area contributed by atoms with E-state index in [0.717, 1.165) is 6.07 Å². The van der Waals surface area contributed by atoms with Gasteiger partial charge in [0.15, 0.2) is 5.82 Å². The number of aryl methyl sites for hydroxylation is 1. The first-order valence-electron chi connectivity index (χ1n) is 9.97. The fourth-order valence-electron chi connectivity index (χ4n) is 3.05. The summed E-state index contributed by atoms with van der Waals surface area (Å²) in [6.07, 6.45) is 0. The average molecular weight is 536 g/mol. The molecule has 1 heterocycles. The highest BCUT2D eigenvalue weighted by atomic mass is 79.9. The average Bonchev–Trinajstić information content (AvgIpc) is 2.80. The SMILES string of the molecule is CNC(=O)c1ccc(C)c(-n2c(COC(C)=O)nc(OCc3ccc(F)cc3F)c(Br)c2=O)c1. The lowest BCUT2D eigenvalue weighted by Gasteiger charge is -2.18. The molecule has 3 rings (SSSR count). The van der Waals surface area contributed by atoms with Gasteiger partial charge in [0.25, 0.3) is 11.5 Å². The molecule has 0 bridgehead atoms. The van der Waals surface area contributed by atoms with Crippen molar-refractivity contribution >= 4 is 27.8 Å². The molecule has 0 spiro atoms. The topological polar surface area (TPSA) is 99.5 Å². The molecule has 0 aliphatic carbocycles. The predicted molar refractivity (Wildman–Crippen MR) is 122 cm³/mol. The van der Waals surface area contributed by atoms with Crippen LogP contribution >= 0.6 is 15.9 Å². The molecule has 0 unspecified atom stereocenters. The first-order valence-corrected chi connectivity index (χ1v) is 10.8. The van der Waals surface area contributed by atoms with Crippen LogP contribution in [0.4, 0.5) is 8.78 Å². The van der Waals surface area contributed by atoms with Crippen LogP contribution in [-0.4, -0.2) is 28.5 Å². The lowest BCUT2D eigenvalue weighted by atomic mass is 10.1. The van der Waals surface area contributed by atoms with Crippen LogP contribution in [0.1, 0.15) is 34.2 Å². The second-order valence-electron chi connectivity index (χ2n) is 7.17. The summed E-state index contributed by atoms with van der Waals surface area (Å²) in [5, 5.41) is 2.51. The van der Waals surface area contributed by atoms with E-state index in [0.29, 0.717) is 22.9 Å². The standard InChI is InChI=1S/C23H20BrF2N3O5/c1-12-4-5-14(21(31)27-3)8-18(12)29-19(11-33-13(2)30)28-22(20(24)23(29)32)34-10-15-6-7-16(25)9-17(15)26/h4-9H,10-11H2,1-3H3,(H,27,31). The molecule has 0 saturated carbocycles. The molecular weight excluding hydrogens is 516 g/mol. The number of hydrogen-bond donors (Lipinski definition) is 1. The van der Waals surface area contributed by atoms with Crippen LogP contribution in [0, 0.1) is 18.6 Å². The first-order chi connectivity index (χ1) is 16.1. The van der Waals surface area contributed by atoms with Crippen molar-refractivity contribution in [3.8, 4) is 11.6 Å². The number of nitrogens with one attached hydrogen (secondary N) is 1. The monoisotopic (exact) mass is 535 g/mol. The van der Waals surface area contributed by atoms with Crippen molar-refractivity contribution in [3.05, 3.63) is 85.4 Å². The Morgan fingerprint density at radius 2 is 1.88 bits per heavy atom. The molecule has 8 nitrogen and oxygen atoms in total. The van der Waals surface area contributed by atoms with Gasteiger partial charge in [-0.3, -0.25) is 19.0 Å². The fourth-order valence-corrected chi connectivity index (χ4v) is 3.43. The summed E-state index contributed by atoms with van der Waals surface area (Å²) in [5.74, 6) is -2.67. The van der Waals surface area contributed by atoms with Gasteiger partial charge in [0.2, 0.25) is 5.88 Å². The number of amides is 1. The number of rotatable bonds is 7. The Hall–Kier alpha value is -3.60. The van der Waals surface area contributed by atoms with Gasteiger partial charge in [-0.05, 0) is 52.7 Å². The van der Waals surface area contributed by atoms with Crippen LogP contribution < -0.4 is 15.6 Å². The van der Waals surface area contributed by atoms with Crippen LogP contribution in [-0.2, 0) is 22.7 Å². The van der Waals surface area contributed by atoms with Crippen molar-refractivity contribution in [1.29, 1.82) is 0 Å². The summed E-state index contributed by atoms with van der Waals surface area (Å²) in [4.78, 5) is 41.2. The zero-order valence-electron chi connectivity index (χ0n) is 18.4. The van der Waals surface area contributed by atoms with Crippen LogP contribution in [0.5, 0.6) is 5.88 Å². The van der Waals surface area contributed by atoms with E-state index in [2.05, 4.69) is 26.2 Å². The lowest BCUT2D eigenvalue weighted by Crippen LogP contribution is -2.27. The molecule has 2 aromatic carbocycles. The molecule has 0 aliphatic rings. The van der Waals surface area contributed by atoms with Crippen LogP contribution in [0.3, 0.4) is 0 Å². The van der Waals surface area contributed by atoms with Crippen LogP contribution in [0.15, 0.2) is 45.7 Å². The third kappa shape index (κ3) is 5.48. The minimum atomic E-state index is -0.814. The van der Waals surface area contributed by atoms with Crippen molar-refractivity contribution in [2.75, 3.05) is 7.05 Å². The maximum atomic E-state index is 14.0. The molecule has 1 N–H and O–H groups in total. The molecule has 0 atom stereocenters. The van der Waals surface area contributed by atoms with E-state index in [-0.39, 0.29) is 40.9 Å². The Labute approximate surface area is 201 Å². The zero-order chi connectivity index (χ0) is 25.0. The van der Waals surface area contributed by atoms with Gasteiger partial charge >= 0.3 is 5.97 Å². The maximum absolute atomic E-state index is 14.0. The molecule has 178 valence electrons. The number of hydrogen-bond acceptors (Lipinski definition) is 6. The highest BCUT2D eigenvalue weighted by Gasteiger charge is 2.21. The summed E-state index contributed by atoms with van der Waals surface area (Å²) >= 11 is 3.17. The summed E-state index contributed by atoms with van der Waals surface area (Å²) in [7, 11) is 1.48. The van der Waals surface area contributed by atoms with E-state index in [1.807, 2.05) is 0 Å². The van der Waals surface area contributed by atoms with E-state index in [1.165, 1.54) is 30.7 Å². The van der Waals surface area contributed by atoms with Crippen LogP contribution in [0.25, 0.3) is 5.69 Å². The summed E-state index contributed by atoms with van der Waals surface area (Å²) in [5.41, 5.74) is 0.739. The van der Waals surface area contributed by atoms with E-state index in [4.69, 9.17) is 9.47 Å². The number of esters is 1. The minimum Gasteiger partial charge on any atom is -0.472 e. The highest BCUT2D eigenvalue weighted by molar-refractivity contribution is 9.10. The molecule has 11 heteroatoms. The number of ether oxygens (including phenoxy) is 2. The highest BCUT2D eigenvalue weighted by Crippen LogP contribution is 2.24. The third-order valence-electron chi connectivity index (χ3n) is 4.79. The number of carbonyl (C=O) groups excluding carboxylic acids is 2. The van der Waals surface area contributed by atoms with E-state index in [9.17, 15) is 23.2 Å². The second-order valence-corrected chi connectivity index (χ2v) is 7.97. The Morgan fingerprint density at radius 1 is 1.15 bits per heavy atom. The van der Waals surface area contributed by atoms with E-state index < -0.39 is 23.2 Å². The molecule has 1 amide bonds. The third-order valence-corrected chi connectivity index (χ3v) is 5.47. The Kier molecular flexibility index (Phi) is 7.77. The fraction of sp³-hybridized carbons (Fsp3) is 0.217. The number of carbonyl (C=O) groups is 2. The summed E-state index contributed by atoms with van der Waals surface area (Å²) in [6.45, 7) is 2.23. The van der Waals surface area contributed by atoms with Gasteiger partial charge in [-0.2, -0.15) is 4.98 Å². The molecule has 34 heavy (non-hydrogen) atoms. The molecule has 0 saturated heterocycles. The Morgan fingerprint density at radius 3 is 2.53 bits per heavy atom. The van der Waals surface area contributed by atoms with Gasteiger partial charge in [-0.1, -0.05) is 6.07 Å². The quantitative estimate of drug-likeness (QED) is 0.464. The van der Waals surface area contributed by atoms with Crippen molar-refractivity contribution in [2.45, 2.75) is 27.1 Å². The number of benzene rings is 2. The van der Waals surface area contributed by atoms with Crippen molar-refractivity contribution in [3.63, 3.8) is 0 Å². The van der Waals surface area contributed by atoms with Gasteiger partial charge in [0, 0.05) is 31.2 Å². The molecule has 0 radical (unpaired) electrons. The molecule has 3 aromatic rings. The summed E-state index contributed by atoms with van der Waals surface area (Å²) < 4.78 is 38.8. The largest absolute Gasteiger partial charge is 0.472 e. The normalized spacial score (nSPS) is 10.6. The zero-order valence-corrected chi connectivity index (χ0v) is 20.0. The predicted octanol–water partition coefficient (Wildman–Crippen LogP) is 3.58. The van der Waals surface area contributed by atoms with Gasteiger partial charge < -0.3 is 14.8 Å². The maximum Gasteiger partial charge on any atom is 0.303 e. The Balaban J connectivity index is 2.10. The smallest absolute Gasteiger partial charge is 0.303 e. The minimum absolute atomic E-state index is 0.00938. The van der Waals surface area contributed by atoms with E-state index >= 15 is 0 Å². The Bertz CT molecular complexity index is 1330. The van der Waals surface area contributed by atoms with Gasteiger partial charge in [-0.15, -0.1) is 0 Å². The summed E-state index contributed by atoms with van der Waals surface area (Å²) in [6, 6.07) is 7.79.